The zero-order valence-electron chi connectivity index (χ0n) is 8.17. The first-order valence-electron chi connectivity index (χ1n) is 4.76. The summed E-state index contributed by atoms with van der Waals surface area (Å²) in [5, 5.41) is 0. The lowest BCUT2D eigenvalue weighted by Gasteiger charge is -2.44. The van der Waals surface area contributed by atoms with Crippen LogP contribution in [0.15, 0.2) is 0 Å². The molecule has 0 amide bonds. The second-order valence-electron chi connectivity index (χ2n) is 4.11. The van der Waals surface area contributed by atoms with Crippen molar-refractivity contribution in [3.05, 3.63) is 0 Å². The molecule has 1 saturated carbocycles. The zero-order valence-corrected chi connectivity index (χ0v) is 8.17. The lowest BCUT2D eigenvalue weighted by Crippen LogP contribution is -2.55. The van der Waals surface area contributed by atoms with Crippen LogP contribution in [0, 0.1) is 11.3 Å². The third-order valence-corrected chi connectivity index (χ3v) is 3.31. The van der Waals surface area contributed by atoms with Gasteiger partial charge in [-0.1, -0.05) is 19.8 Å². The van der Waals surface area contributed by atoms with Crippen molar-refractivity contribution in [3.8, 4) is 0 Å². The summed E-state index contributed by atoms with van der Waals surface area (Å²) in [6, 6.07) is 0. The average Bonchev–Trinajstić information content (AvgIpc) is 2.00. The van der Waals surface area contributed by atoms with Crippen molar-refractivity contribution in [1.29, 1.82) is 0 Å². The molecule has 0 heterocycles. The van der Waals surface area contributed by atoms with Crippen molar-refractivity contribution in [2.24, 2.45) is 11.3 Å². The van der Waals surface area contributed by atoms with Gasteiger partial charge in [-0.15, -0.1) is 0 Å². The number of halogens is 6. The fourth-order valence-electron chi connectivity index (χ4n) is 2.35. The molecule has 0 aromatic heterocycles. The van der Waals surface area contributed by atoms with Crippen molar-refractivity contribution < 1.29 is 26.3 Å². The summed E-state index contributed by atoms with van der Waals surface area (Å²) in [5.41, 5.74) is -3.49. The fourth-order valence-corrected chi connectivity index (χ4v) is 2.35. The lowest BCUT2D eigenvalue weighted by molar-refractivity contribution is -0.364. The van der Waals surface area contributed by atoms with Crippen LogP contribution < -0.4 is 0 Å². The van der Waals surface area contributed by atoms with Crippen LogP contribution in [0.3, 0.4) is 0 Å². The minimum Gasteiger partial charge on any atom is -0.170 e. The van der Waals surface area contributed by atoms with Crippen LogP contribution in [0.2, 0.25) is 0 Å². The van der Waals surface area contributed by atoms with E-state index in [1.54, 1.807) is 0 Å². The Morgan fingerprint density at radius 1 is 0.933 bits per heavy atom. The van der Waals surface area contributed by atoms with Gasteiger partial charge in [-0.05, 0) is 18.8 Å². The Morgan fingerprint density at radius 2 is 1.40 bits per heavy atom. The number of hydrogen-bond donors (Lipinski definition) is 0. The molecule has 0 bridgehead atoms. The highest BCUT2D eigenvalue weighted by molar-refractivity contribution is 4.98. The second-order valence-corrected chi connectivity index (χ2v) is 4.11. The number of alkyl halides is 6. The van der Waals surface area contributed by atoms with Gasteiger partial charge in [0, 0.05) is 0 Å². The predicted octanol–water partition coefficient (Wildman–Crippen LogP) is 4.31. The third kappa shape index (κ3) is 1.83. The van der Waals surface area contributed by atoms with Crippen LogP contribution in [-0.2, 0) is 0 Å². The molecule has 15 heavy (non-hydrogen) atoms. The first-order valence-corrected chi connectivity index (χ1v) is 4.76. The van der Waals surface area contributed by atoms with Gasteiger partial charge in [0.1, 0.15) is 0 Å². The summed E-state index contributed by atoms with van der Waals surface area (Å²) in [6.07, 6.45) is -10.8. The minimum absolute atomic E-state index is 0.0106. The van der Waals surface area contributed by atoms with E-state index >= 15 is 0 Å². The molecule has 0 unspecified atom stereocenters. The first-order chi connectivity index (χ1) is 6.63. The Labute approximate surface area is 83.6 Å². The molecule has 1 aliphatic rings. The summed E-state index contributed by atoms with van der Waals surface area (Å²) < 4.78 is 75.7. The van der Waals surface area contributed by atoms with Crippen molar-refractivity contribution in [2.45, 2.75) is 45.0 Å². The first kappa shape index (κ1) is 12.6. The highest BCUT2D eigenvalue weighted by Gasteiger charge is 2.72. The van der Waals surface area contributed by atoms with E-state index in [9.17, 15) is 26.3 Å². The molecule has 1 fully saturated rings. The smallest absolute Gasteiger partial charge is 0.170 e. The molecule has 6 heteroatoms. The standard InChI is InChI=1S/C9H12F6/c1-6-4-2-3-5-7(6,8(10,11)12)9(13,14)15/h6H,2-5H2,1H3/t6-/m1/s1. The number of rotatable bonds is 0. The monoisotopic (exact) mass is 234 g/mol. The van der Waals surface area contributed by atoms with Crippen LogP contribution >= 0.6 is 0 Å². The highest BCUT2D eigenvalue weighted by Crippen LogP contribution is 2.60. The van der Waals surface area contributed by atoms with Gasteiger partial charge < -0.3 is 0 Å². The maximum atomic E-state index is 12.6. The molecule has 0 saturated heterocycles. The molecule has 0 aromatic carbocycles. The summed E-state index contributed by atoms with van der Waals surface area (Å²) in [5.74, 6) is -1.38. The molecule has 90 valence electrons. The summed E-state index contributed by atoms with van der Waals surface area (Å²) in [7, 11) is 0. The molecule has 0 nitrogen and oxygen atoms in total. The van der Waals surface area contributed by atoms with E-state index in [1.807, 2.05) is 0 Å². The topological polar surface area (TPSA) is 0 Å². The Bertz CT molecular complexity index is 212. The van der Waals surface area contributed by atoms with Crippen molar-refractivity contribution in [1.82, 2.24) is 0 Å². The van der Waals surface area contributed by atoms with Crippen LogP contribution in [-0.4, -0.2) is 12.4 Å². The Hall–Kier alpha value is -0.420. The Kier molecular flexibility index (Phi) is 3.00. The molecule has 0 radical (unpaired) electrons. The van der Waals surface area contributed by atoms with Gasteiger partial charge in [-0.25, -0.2) is 0 Å². The van der Waals surface area contributed by atoms with Gasteiger partial charge in [0.25, 0.3) is 0 Å². The fraction of sp³-hybridized carbons (Fsp3) is 1.00. The van der Waals surface area contributed by atoms with E-state index < -0.39 is 30.1 Å². The predicted molar refractivity (Wildman–Crippen MR) is 42.2 cm³/mol. The molecule has 0 aliphatic heterocycles. The van der Waals surface area contributed by atoms with E-state index in [0.29, 0.717) is 6.42 Å². The summed E-state index contributed by atoms with van der Waals surface area (Å²) in [6.45, 7) is 1.04. The summed E-state index contributed by atoms with van der Waals surface area (Å²) >= 11 is 0. The van der Waals surface area contributed by atoms with Crippen LogP contribution in [0.5, 0.6) is 0 Å². The molecule has 0 N–H and O–H groups in total. The van der Waals surface area contributed by atoms with E-state index in [-0.39, 0.29) is 12.8 Å². The highest BCUT2D eigenvalue weighted by atomic mass is 19.4. The van der Waals surface area contributed by atoms with E-state index in [1.165, 1.54) is 0 Å². The quantitative estimate of drug-likeness (QED) is 0.548. The lowest BCUT2D eigenvalue weighted by atomic mass is 9.66. The van der Waals surface area contributed by atoms with Crippen LogP contribution in [0.4, 0.5) is 26.3 Å². The molecular formula is C9H12F6. The van der Waals surface area contributed by atoms with Crippen molar-refractivity contribution in [3.63, 3.8) is 0 Å². The van der Waals surface area contributed by atoms with Crippen molar-refractivity contribution >= 4 is 0 Å². The molecule has 0 aromatic rings. The van der Waals surface area contributed by atoms with Crippen LogP contribution in [0.25, 0.3) is 0 Å². The van der Waals surface area contributed by atoms with Gasteiger partial charge >= 0.3 is 12.4 Å². The van der Waals surface area contributed by atoms with Gasteiger partial charge in [-0.2, -0.15) is 26.3 Å². The van der Waals surface area contributed by atoms with Gasteiger partial charge in [0.15, 0.2) is 5.41 Å². The molecule has 1 atom stereocenters. The van der Waals surface area contributed by atoms with Crippen LogP contribution in [0.1, 0.15) is 32.6 Å². The van der Waals surface area contributed by atoms with Crippen molar-refractivity contribution in [2.75, 3.05) is 0 Å². The van der Waals surface area contributed by atoms with E-state index in [2.05, 4.69) is 0 Å². The van der Waals surface area contributed by atoms with Gasteiger partial charge in [0.05, 0.1) is 0 Å². The number of hydrogen-bond acceptors (Lipinski definition) is 0. The van der Waals surface area contributed by atoms with E-state index in [4.69, 9.17) is 0 Å². The maximum absolute atomic E-state index is 12.6. The molecule has 1 aliphatic carbocycles. The average molecular weight is 234 g/mol. The normalized spacial score (nSPS) is 27.8. The van der Waals surface area contributed by atoms with Gasteiger partial charge in [-0.3, -0.25) is 0 Å². The largest absolute Gasteiger partial charge is 0.403 e. The van der Waals surface area contributed by atoms with E-state index in [0.717, 1.165) is 6.92 Å². The minimum atomic E-state index is -5.20. The molecule has 0 spiro atoms. The zero-order chi connectivity index (χ0) is 11.9. The maximum Gasteiger partial charge on any atom is 0.403 e. The third-order valence-electron chi connectivity index (χ3n) is 3.31. The molecule has 1 rings (SSSR count). The second kappa shape index (κ2) is 3.56. The Balaban J connectivity index is 3.17. The SMILES string of the molecule is C[C@@H]1CCCCC1(C(F)(F)F)C(F)(F)F. The Morgan fingerprint density at radius 3 is 1.67 bits per heavy atom. The molecular weight excluding hydrogens is 222 g/mol. The summed E-state index contributed by atoms with van der Waals surface area (Å²) in [4.78, 5) is 0. The van der Waals surface area contributed by atoms with Gasteiger partial charge in [0.2, 0.25) is 0 Å².